The molecule has 164 valence electrons. The summed E-state index contributed by atoms with van der Waals surface area (Å²) in [6.07, 6.45) is 1.67. The zero-order valence-corrected chi connectivity index (χ0v) is 17.7. The average Bonchev–Trinajstić information content (AvgIpc) is 3.28. The lowest BCUT2D eigenvalue weighted by molar-refractivity contribution is -0.125. The summed E-state index contributed by atoms with van der Waals surface area (Å²) in [5.41, 5.74) is 1.96. The van der Waals surface area contributed by atoms with E-state index in [1.165, 1.54) is 12.1 Å². The summed E-state index contributed by atoms with van der Waals surface area (Å²) in [5, 5.41) is 2.92. The maximum absolute atomic E-state index is 13.9. The van der Waals surface area contributed by atoms with Crippen molar-refractivity contribution in [2.24, 2.45) is 5.92 Å². The Bertz CT molecular complexity index is 1090. The van der Waals surface area contributed by atoms with Gasteiger partial charge < -0.3 is 15.0 Å². The van der Waals surface area contributed by atoms with E-state index in [0.29, 0.717) is 30.0 Å². The smallest absolute Gasteiger partial charge is 0.253 e. The number of hydrogen-bond acceptors (Lipinski definition) is 4. The predicted molar refractivity (Wildman–Crippen MR) is 118 cm³/mol. The Morgan fingerprint density at radius 3 is 2.59 bits per heavy atom. The molecular formula is C25H24FN3O3. The Hall–Kier alpha value is -3.74. The van der Waals surface area contributed by atoms with Gasteiger partial charge in [-0.3, -0.25) is 14.6 Å². The number of carbonyl (C=O) groups is 2. The predicted octanol–water partition coefficient (Wildman–Crippen LogP) is 3.40. The number of carbonyl (C=O) groups excluding carboxylic acids is 2. The van der Waals surface area contributed by atoms with Crippen LogP contribution in [0.5, 0.6) is 5.75 Å². The Morgan fingerprint density at radius 1 is 1.09 bits per heavy atom. The molecule has 32 heavy (non-hydrogen) atoms. The molecule has 0 bridgehead atoms. The summed E-state index contributed by atoms with van der Waals surface area (Å²) in [7, 11) is 1.56. The Labute approximate surface area is 186 Å². The second-order valence-corrected chi connectivity index (χ2v) is 7.75. The van der Waals surface area contributed by atoms with E-state index in [1.54, 1.807) is 54.6 Å². The van der Waals surface area contributed by atoms with Crippen LogP contribution in [0.1, 0.15) is 27.5 Å². The van der Waals surface area contributed by atoms with Crippen molar-refractivity contribution >= 4 is 11.8 Å². The fourth-order valence-electron chi connectivity index (χ4n) is 4.04. The number of aromatic nitrogens is 1. The maximum atomic E-state index is 13.9. The summed E-state index contributed by atoms with van der Waals surface area (Å²) in [4.78, 5) is 32.1. The van der Waals surface area contributed by atoms with E-state index in [-0.39, 0.29) is 30.1 Å². The number of hydrogen-bond donors (Lipinski definition) is 1. The lowest BCUT2D eigenvalue weighted by Gasteiger charge is -2.18. The van der Waals surface area contributed by atoms with Gasteiger partial charge in [-0.05, 0) is 54.1 Å². The van der Waals surface area contributed by atoms with Crippen LogP contribution in [0.25, 0.3) is 0 Å². The van der Waals surface area contributed by atoms with E-state index in [9.17, 15) is 14.0 Å². The van der Waals surface area contributed by atoms with Crippen molar-refractivity contribution in [3.05, 3.63) is 95.6 Å². The number of likely N-dealkylation sites (tertiary alicyclic amines) is 1. The van der Waals surface area contributed by atoms with E-state index >= 15 is 0 Å². The third-order valence-corrected chi connectivity index (χ3v) is 5.73. The summed E-state index contributed by atoms with van der Waals surface area (Å²) < 4.78 is 19.1. The first-order valence-electron chi connectivity index (χ1n) is 10.4. The van der Waals surface area contributed by atoms with E-state index < -0.39 is 5.92 Å². The highest BCUT2D eigenvalue weighted by molar-refractivity contribution is 5.95. The molecule has 0 unspecified atom stereocenters. The standard InChI is InChI=1S/C25H24FN3O3/c1-32-21-10-8-17(9-11-21)25(31)29-15-22(18-5-4-6-19(26)13-18)23(16-29)24(30)28-14-20-7-2-3-12-27-20/h2-13,22-23H,14-16H2,1H3,(H,28,30)/t22-,23-/m1/s1. The number of halogens is 1. The van der Waals surface area contributed by atoms with E-state index in [1.807, 2.05) is 18.2 Å². The van der Waals surface area contributed by atoms with Crippen LogP contribution in [0.15, 0.2) is 72.9 Å². The largest absolute Gasteiger partial charge is 0.497 e. The van der Waals surface area contributed by atoms with Crippen molar-refractivity contribution in [1.82, 2.24) is 15.2 Å². The van der Waals surface area contributed by atoms with Gasteiger partial charge in [-0.15, -0.1) is 0 Å². The van der Waals surface area contributed by atoms with Crippen LogP contribution in [0.3, 0.4) is 0 Å². The number of nitrogens with zero attached hydrogens (tertiary/aromatic N) is 2. The number of methoxy groups -OCH3 is 1. The quantitative estimate of drug-likeness (QED) is 0.647. The molecule has 1 aliphatic heterocycles. The Kier molecular flexibility index (Phi) is 6.44. The molecule has 0 aliphatic carbocycles. The third-order valence-electron chi connectivity index (χ3n) is 5.73. The van der Waals surface area contributed by atoms with Crippen LogP contribution >= 0.6 is 0 Å². The van der Waals surface area contributed by atoms with Gasteiger partial charge in [0.2, 0.25) is 5.91 Å². The van der Waals surface area contributed by atoms with Gasteiger partial charge in [0, 0.05) is 30.8 Å². The van der Waals surface area contributed by atoms with Gasteiger partial charge in [-0.2, -0.15) is 0 Å². The molecule has 3 aromatic rings. The van der Waals surface area contributed by atoms with Crippen molar-refractivity contribution in [2.45, 2.75) is 12.5 Å². The van der Waals surface area contributed by atoms with Crippen molar-refractivity contribution in [3.63, 3.8) is 0 Å². The molecule has 6 nitrogen and oxygen atoms in total. The molecule has 7 heteroatoms. The van der Waals surface area contributed by atoms with Crippen LogP contribution in [-0.4, -0.2) is 41.9 Å². The molecule has 2 amide bonds. The van der Waals surface area contributed by atoms with Crippen molar-refractivity contribution < 1.29 is 18.7 Å². The van der Waals surface area contributed by atoms with Crippen molar-refractivity contribution in [1.29, 1.82) is 0 Å². The molecule has 1 N–H and O–H groups in total. The third kappa shape index (κ3) is 4.77. The second-order valence-electron chi connectivity index (χ2n) is 7.75. The number of rotatable bonds is 6. The highest BCUT2D eigenvalue weighted by Crippen LogP contribution is 2.34. The Morgan fingerprint density at radius 2 is 1.91 bits per heavy atom. The topological polar surface area (TPSA) is 71.5 Å². The molecule has 2 heterocycles. The molecule has 1 aliphatic rings. The van der Waals surface area contributed by atoms with Gasteiger partial charge in [-0.1, -0.05) is 18.2 Å². The van der Waals surface area contributed by atoms with Gasteiger partial charge >= 0.3 is 0 Å². The van der Waals surface area contributed by atoms with Crippen LogP contribution in [0, 0.1) is 11.7 Å². The molecule has 0 radical (unpaired) electrons. The fourth-order valence-corrected chi connectivity index (χ4v) is 4.04. The lowest BCUT2D eigenvalue weighted by atomic mass is 9.88. The summed E-state index contributed by atoms with van der Waals surface area (Å²) in [5.74, 6) is -0.870. The number of benzene rings is 2. The first-order valence-corrected chi connectivity index (χ1v) is 10.4. The van der Waals surface area contributed by atoms with Gasteiger partial charge in [0.25, 0.3) is 5.91 Å². The average molecular weight is 433 g/mol. The molecule has 2 aromatic carbocycles. The monoisotopic (exact) mass is 433 g/mol. The highest BCUT2D eigenvalue weighted by Gasteiger charge is 2.40. The number of nitrogens with one attached hydrogen (secondary N) is 1. The first kappa shape index (κ1) is 21.5. The highest BCUT2D eigenvalue weighted by atomic mass is 19.1. The number of pyridine rings is 1. The van der Waals surface area contributed by atoms with E-state index in [2.05, 4.69) is 10.3 Å². The van der Waals surface area contributed by atoms with Gasteiger partial charge in [0.05, 0.1) is 25.3 Å². The van der Waals surface area contributed by atoms with Crippen molar-refractivity contribution in [3.8, 4) is 5.75 Å². The zero-order chi connectivity index (χ0) is 22.5. The van der Waals surface area contributed by atoms with Crippen LogP contribution in [0.2, 0.25) is 0 Å². The SMILES string of the molecule is COc1ccc(C(=O)N2C[C@H](c3cccc(F)c3)[C@H](C(=O)NCc3ccccn3)C2)cc1. The molecule has 4 rings (SSSR count). The Balaban J connectivity index is 1.54. The molecule has 0 spiro atoms. The molecule has 1 fully saturated rings. The van der Waals surface area contributed by atoms with Gasteiger partial charge in [0.1, 0.15) is 11.6 Å². The molecular weight excluding hydrogens is 409 g/mol. The fraction of sp³-hybridized carbons (Fsp3) is 0.240. The molecule has 1 saturated heterocycles. The van der Waals surface area contributed by atoms with Crippen molar-refractivity contribution in [2.75, 3.05) is 20.2 Å². The van der Waals surface area contributed by atoms with E-state index in [4.69, 9.17) is 4.74 Å². The zero-order valence-electron chi connectivity index (χ0n) is 17.7. The second kappa shape index (κ2) is 9.60. The van der Waals surface area contributed by atoms with Crippen LogP contribution < -0.4 is 10.1 Å². The minimum Gasteiger partial charge on any atom is -0.497 e. The van der Waals surface area contributed by atoms with Crippen LogP contribution in [0.4, 0.5) is 4.39 Å². The lowest BCUT2D eigenvalue weighted by Crippen LogP contribution is -2.35. The molecule has 0 saturated carbocycles. The van der Waals surface area contributed by atoms with Crippen LogP contribution in [-0.2, 0) is 11.3 Å². The minimum absolute atomic E-state index is 0.172. The normalized spacial score (nSPS) is 17.8. The summed E-state index contributed by atoms with van der Waals surface area (Å²) in [6.45, 7) is 0.870. The maximum Gasteiger partial charge on any atom is 0.253 e. The molecule has 2 atom stereocenters. The van der Waals surface area contributed by atoms with Gasteiger partial charge in [0.15, 0.2) is 0 Å². The number of amides is 2. The summed E-state index contributed by atoms with van der Waals surface area (Å²) >= 11 is 0. The first-order chi connectivity index (χ1) is 15.5. The summed E-state index contributed by atoms with van der Waals surface area (Å²) in [6, 6.07) is 18.6. The number of ether oxygens (including phenoxy) is 1. The minimum atomic E-state index is -0.497. The van der Waals surface area contributed by atoms with Gasteiger partial charge in [-0.25, -0.2) is 4.39 Å². The molecule has 1 aromatic heterocycles. The van der Waals surface area contributed by atoms with E-state index in [0.717, 1.165) is 5.69 Å².